The first-order valence-electron chi connectivity index (χ1n) is 5.70. The molecule has 0 saturated heterocycles. The molecule has 3 rings (SSSR count). The van der Waals surface area contributed by atoms with Crippen LogP contribution in [0.5, 0.6) is 0 Å². The van der Waals surface area contributed by atoms with Gasteiger partial charge in [-0.1, -0.05) is 11.6 Å². The third-order valence-corrected chi connectivity index (χ3v) is 3.55. The Morgan fingerprint density at radius 1 is 1.25 bits per heavy atom. The molecule has 20 heavy (non-hydrogen) atoms. The molecular weight excluding hydrogens is 297 g/mol. The second-order valence-electron chi connectivity index (χ2n) is 4.21. The zero-order valence-electron chi connectivity index (χ0n) is 10.0. The Labute approximate surface area is 123 Å². The lowest BCUT2D eigenvalue weighted by atomic mass is 10.2. The fourth-order valence-corrected chi connectivity index (χ4v) is 2.51. The van der Waals surface area contributed by atoms with Crippen LogP contribution < -0.4 is 0 Å². The quantitative estimate of drug-likeness (QED) is 0.679. The Bertz CT molecular complexity index is 903. The zero-order chi connectivity index (χ0) is 14.3. The highest BCUT2D eigenvalue weighted by molar-refractivity contribution is 7.71. The van der Waals surface area contributed by atoms with E-state index >= 15 is 0 Å². The summed E-state index contributed by atoms with van der Waals surface area (Å²) in [6.07, 6.45) is 0. The number of aromatic nitrogens is 2. The molecule has 0 aliphatic carbocycles. The Balaban J connectivity index is 2.30. The molecule has 6 heteroatoms. The van der Waals surface area contributed by atoms with E-state index in [2.05, 4.69) is 11.1 Å². The molecule has 0 amide bonds. The predicted octanol–water partition coefficient (Wildman–Crippen LogP) is 4.35. The van der Waals surface area contributed by atoms with Crippen LogP contribution in [-0.2, 0) is 0 Å². The van der Waals surface area contributed by atoms with Crippen LogP contribution in [0.15, 0.2) is 36.4 Å². The van der Waals surface area contributed by atoms with Gasteiger partial charge in [-0.05, 0) is 42.5 Å². The van der Waals surface area contributed by atoms with Crippen LogP contribution in [0.2, 0.25) is 5.02 Å². The van der Waals surface area contributed by atoms with Crippen molar-refractivity contribution in [3.05, 3.63) is 57.6 Å². The molecule has 0 saturated carbocycles. The molecule has 98 valence electrons. The van der Waals surface area contributed by atoms with Crippen molar-refractivity contribution in [1.29, 1.82) is 5.26 Å². The first kappa shape index (κ1) is 12.9. The van der Waals surface area contributed by atoms with E-state index in [9.17, 15) is 4.39 Å². The summed E-state index contributed by atoms with van der Waals surface area (Å²) in [6, 6.07) is 11.8. The Morgan fingerprint density at radius 2 is 1.95 bits per heavy atom. The summed E-state index contributed by atoms with van der Waals surface area (Å²) in [5.74, 6) is -0.498. The van der Waals surface area contributed by atoms with Gasteiger partial charge >= 0.3 is 0 Å². The smallest absolute Gasteiger partial charge is 0.182 e. The largest absolute Gasteiger partial charge is 0.330 e. The number of hydrogen-bond donors (Lipinski definition) is 1. The average molecular weight is 304 g/mol. The Hall–Kier alpha value is -2.16. The van der Waals surface area contributed by atoms with Crippen LogP contribution in [-0.4, -0.2) is 9.55 Å². The maximum Gasteiger partial charge on any atom is 0.182 e. The minimum atomic E-state index is -0.498. The number of H-pyrrole nitrogens is 1. The van der Waals surface area contributed by atoms with Gasteiger partial charge in [-0.2, -0.15) is 5.26 Å². The maximum absolute atomic E-state index is 13.5. The molecule has 0 radical (unpaired) electrons. The molecule has 0 fully saturated rings. The van der Waals surface area contributed by atoms with Gasteiger partial charge in [-0.25, -0.2) is 4.39 Å². The van der Waals surface area contributed by atoms with E-state index in [-0.39, 0.29) is 5.02 Å². The number of halogens is 2. The molecule has 0 aliphatic heterocycles. The van der Waals surface area contributed by atoms with Crippen LogP contribution in [0.4, 0.5) is 4.39 Å². The lowest BCUT2D eigenvalue weighted by molar-refractivity contribution is 0.630. The van der Waals surface area contributed by atoms with Gasteiger partial charge in [0.1, 0.15) is 5.82 Å². The topological polar surface area (TPSA) is 44.5 Å². The minimum absolute atomic E-state index is 0.0360. The third-order valence-electron chi connectivity index (χ3n) is 2.98. The molecular formula is C14H7ClFN3S. The number of nitrogens with one attached hydrogen (secondary N) is 1. The van der Waals surface area contributed by atoms with Crippen LogP contribution in [0, 0.1) is 21.9 Å². The average Bonchev–Trinajstić information content (AvgIpc) is 2.75. The summed E-state index contributed by atoms with van der Waals surface area (Å²) in [4.78, 5) is 2.94. The molecule has 0 bridgehead atoms. The molecule has 0 spiro atoms. The van der Waals surface area contributed by atoms with E-state index in [1.165, 1.54) is 12.1 Å². The molecule has 3 aromatic rings. The molecule has 1 aromatic heterocycles. The molecule has 0 atom stereocenters. The second kappa shape index (κ2) is 4.75. The maximum atomic E-state index is 13.5. The highest BCUT2D eigenvalue weighted by Crippen LogP contribution is 2.25. The van der Waals surface area contributed by atoms with Gasteiger partial charge in [0.15, 0.2) is 4.77 Å². The van der Waals surface area contributed by atoms with E-state index in [0.717, 1.165) is 5.69 Å². The molecule has 1 heterocycles. The molecule has 0 aliphatic rings. The number of nitriles is 1. The SMILES string of the molecule is N#Cc1ccc(-n2c(=S)[nH]c3cc(F)c(Cl)cc32)cc1. The Kier molecular flexibility index (Phi) is 3.05. The van der Waals surface area contributed by atoms with E-state index in [1.807, 2.05) is 0 Å². The molecule has 2 aromatic carbocycles. The van der Waals surface area contributed by atoms with Gasteiger partial charge in [0.2, 0.25) is 0 Å². The number of hydrogen-bond acceptors (Lipinski definition) is 2. The van der Waals surface area contributed by atoms with Gasteiger partial charge in [0.05, 0.1) is 27.7 Å². The monoisotopic (exact) mass is 303 g/mol. The van der Waals surface area contributed by atoms with Crippen molar-refractivity contribution in [3.8, 4) is 11.8 Å². The summed E-state index contributed by atoms with van der Waals surface area (Å²) in [7, 11) is 0. The number of aromatic amines is 1. The van der Waals surface area contributed by atoms with Crippen LogP contribution in [0.25, 0.3) is 16.7 Å². The van der Waals surface area contributed by atoms with Crippen molar-refractivity contribution in [3.63, 3.8) is 0 Å². The van der Waals surface area contributed by atoms with Crippen LogP contribution in [0.3, 0.4) is 0 Å². The summed E-state index contributed by atoms with van der Waals surface area (Å²) in [5.41, 5.74) is 2.60. The number of imidazole rings is 1. The van der Waals surface area contributed by atoms with E-state index in [1.54, 1.807) is 28.8 Å². The first-order chi connectivity index (χ1) is 9.60. The van der Waals surface area contributed by atoms with Gasteiger partial charge in [0, 0.05) is 11.8 Å². The standard InChI is InChI=1S/C14H7ClFN3S/c15-10-5-13-12(6-11(10)16)18-14(20)19(13)9-3-1-8(7-17)2-4-9/h1-6H,(H,18,20). The van der Waals surface area contributed by atoms with Gasteiger partial charge in [0.25, 0.3) is 0 Å². The van der Waals surface area contributed by atoms with Crippen LogP contribution >= 0.6 is 23.8 Å². The van der Waals surface area contributed by atoms with E-state index < -0.39 is 5.82 Å². The summed E-state index contributed by atoms with van der Waals surface area (Å²) < 4.78 is 15.6. The van der Waals surface area contributed by atoms with Crippen molar-refractivity contribution in [2.75, 3.05) is 0 Å². The lowest BCUT2D eigenvalue weighted by Gasteiger charge is -2.05. The van der Waals surface area contributed by atoms with Crippen LogP contribution in [0.1, 0.15) is 5.56 Å². The van der Waals surface area contributed by atoms with E-state index in [4.69, 9.17) is 29.1 Å². The zero-order valence-corrected chi connectivity index (χ0v) is 11.6. The fraction of sp³-hybridized carbons (Fsp3) is 0. The lowest BCUT2D eigenvalue weighted by Crippen LogP contribution is -1.94. The number of rotatable bonds is 1. The van der Waals surface area contributed by atoms with Gasteiger partial charge in [-0.15, -0.1) is 0 Å². The summed E-state index contributed by atoms with van der Waals surface area (Å²) in [6.45, 7) is 0. The molecule has 1 N–H and O–H groups in total. The van der Waals surface area contributed by atoms with Crippen molar-refractivity contribution in [2.24, 2.45) is 0 Å². The van der Waals surface area contributed by atoms with Crippen molar-refractivity contribution in [2.45, 2.75) is 0 Å². The second-order valence-corrected chi connectivity index (χ2v) is 5.00. The highest BCUT2D eigenvalue weighted by Gasteiger charge is 2.10. The number of fused-ring (bicyclic) bond motifs is 1. The van der Waals surface area contributed by atoms with Gasteiger partial charge in [-0.3, -0.25) is 4.57 Å². The highest BCUT2D eigenvalue weighted by atomic mass is 35.5. The number of benzene rings is 2. The van der Waals surface area contributed by atoms with Crippen molar-refractivity contribution < 1.29 is 4.39 Å². The third kappa shape index (κ3) is 1.99. The first-order valence-corrected chi connectivity index (χ1v) is 6.49. The summed E-state index contributed by atoms with van der Waals surface area (Å²) >= 11 is 11.1. The Morgan fingerprint density at radius 3 is 2.60 bits per heavy atom. The van der Waals surface area contributed by atoms with Crippen molar-refractivity contribution >= 4 is 34.9 Å². The predicted molar refractivity (Wildman–Crippen MR) is 78.1 cm³/mol. The number of nitrogens with zero attached hydrogens (tertiary/aromatic N) is 2. The van der Waals surface area contributed by atoms with Gasteiger partial charge < -0.3 is 4.98 Å². The molecule has 0 unspecified atom stereocenters. The van der Waals surface area contributed by atoms with E-state index in [0.29, 0.717) is 21.4 Å². The molecule has 3 nitrogen and oxygen atoms in total. The van der Waals surface area contributed by atoms with Crippen molar-refractivity contribution in [1.82, 2.24) is 9.55 Å². The summed E-state index contributed by atoms with van der Waals surface area (Å²) in [5, 5.41) is 8.85. The fourth-order valence-electron chi connectivity index (χ4n) is 2.04. The normalized spacial score (nSPS) is 10.7. The minimum Gasteiger partial charge on any atom is -0.330 e.